The van der Waals surface area contributed by atoms with E-state index in [-0.39, 0.29) is 16.9 Å². The van der Waals surface area contributed by atoms with Crippen molar-refractivity contribution in [1.29, 1.82) is 0 Å². The summed E-state index contributed by atoms with van der Waals surface area (Å²) in [5.41, 5.74) is 3.87. The molecule has 1 N–H and O–H groups in total. The Bertz CT molecular complexity index is 1250. The number of hydrogen-bond acceptors (Lipinski definition) is 3. The molecule has 1 amide bonds. The molecule has 7 heteroatoms. The fraction of sp³-hybridized carbons (Fsp3) is 0. The largest absolute Gasteiger partial charge is 0.272 e. The first-order chi connectivity index (χ1) is 14.5. The number of amides is 1. The third-order valence-electron chi connectivity index (χ3n) is 4.46. The first kappa shape index (κ1) is 19.3. The van der Waals surface area contributed by atoms with Gasteiger partial charge in [-0.3, -0.25) is 4.79 Å². The second-order valence-electron chi connectivity index (χ2n) is 6.41. The normalized spacial score (nSPS) is 11.2. The molecule has 0 bridgehead atoms. The molecule has 0 radical (unpaired) electrons. The van der Waals surface area contributed by atoms with Crippen LogP contribution in [0.3, 0.4) is 0 Å². The molecular weight excluding hydrogens is 391 g/mol. The molecule has 0 fully saturated rings. The van der Waals surface area contributed by atoms with E-state index in [4.69, 9.17) is 0 Å². The molecule has 0 saturated heterocycles. The minimum absolute atomic E-state index is 0.270. The van der Waals surface area contributed by atoms with Crippen molar-refractivity contribution in [2.45, 2.75) is 0 Å². The number of aromatic nitrogens is 1. The maximum Gasteiger partial charge on any atom is 0.272 e. The SMILES string of the molecule is O=C(N/N=C\c1c(F)cccc1F)c1cc(-c2ccc(F)cc2)nc2ccccc12. The van der Waals surface area contributed by atoms with E-state index in [0.29, 0.717) is 22.2 Å². The van der Waals surface area contributed by atoms with Crippen LogP contribution in [-0.4, -0.2) is 17.1 Å². The maximum absolute atomic E-state index is 13.7. The van der Waals surface area contributed by atoms with Gasteiger partial charge in [0.2, 0.25) is 0 Å². The molecule has 148 valence electrons. The van der Waals surface area contributed by atoms with Crippen molar-refractivity contribution in [3.8, 4) is 11.3 Å². The quantitative estimate of drug-likeness (QED) is 0.380. The Balaban J connectivity index is 1.69. The number of halogens is 3. The highest BCUT2D eigenvalue weighted by Crippen LogP contribution is 2.25. The maximum atomic E-state index is 13.7. The molecule has 0 aliphatic heterocycles. The lowest BCUT2D eigenvalue weighted by Crippen LogP contribution is -2.18. The van der Waals surface area contributed by atoms with Crippen LogP contribution in [-0.2, 0) is 0 Å². The second kappa shape index (κ2) is 8.16. The number of fused-ring (bicyclic) bond motifs is 1. The monoisotopic (exact) mass is 405 g/mol. The number of hydrogen-bond donors (Lipinski definition) is 1. The van der Waals surface area contributed by atoms with Gasteiger partial charge in [-0.05, 0) is 48.5 Å². The Kier molecular flexibility index (Phi) is 5.26. The highest BCUT2D eigenvalue weighted by Gasteiger charge is 2.14. The number of carbonyl (C=O) groups excluding carboxylic acids is 1. The molecule has 4 rings (SSSR count). The molecule has 0 aliphatic carbocycles. The smallest absolute Gasteiger partial charge is 0.267 e. The summed E-state index contributed by atoms with van der Waals surface area (Å²) in [7, 11) is 0. The summed E-state index contributed by atoms with van der Waals surface area (Å²) in [6.07, 6.45) is 0.910. The topological polar surface area (TPSA) is 54.4 Å². The van der Waals surface area contributed by atoms with Gasteiger partial charge in [-0.15, -0.1) is 0 Å². The van der Waals surface area contributed by atoms with Crippen LogP contribution < -0.4 is 5.43 Å². The molecular formula is C23H14F3N3O. The average molecular weight is 405 g/mol. The molecule has 0 unspecified atom stereocenters. The van der Waals surface area contributed by atoms with Gasteiger partial charge in [0.25, 0.3) is 5.91 Å². The van der Waals surface area contributed by atoms with Crippen LogP contribution in [0.15, 0.2) is 77.9 Å². The number of nitrogens with one attached hydrogen (secondary N) is 1. The van der Waals surface area contributed by atoms with Crippen LogP contribution >= 0.6 is 0 Å². The van der Waals surface area contributed by atoms with E-state index >= 15 is 0 Å². The lowest BCUT2D eigenvalue weighted by atomic mass is 10.0. The number of pyridine rings is 1. The fourth-order valence-corrected chi connectivity index (χ4v) is 2.98. The number of para-hydroxylation sites is 1. The van der Waals surface area contributed by atoms with E-state index in [1.54, 1.807) is 42.5 Å². The van der Waals surface area contributed by atoms with Gasteiger partial charge in [-0.2, -0.15) is 5.10 Å². The minimum Gasteiger partial charge on any atom is -0.267 e. The molecule has 3 aromatic carbocycles. The molecule has 4 nitrogen and oxygen atoms in total. The van der Waals surface area contributed by atoms with Gasteiger partial charge in [-0.25, -0.2) is 23.6 Å². The third kappa shape index (κ3) is 3.91. The summed E-state index contributed by atoms with van der Waals surface area (Å²) >= 11 is 0. The van der Waals surface area contributed by atoms with E-state index in [9.17, 15) is 18.0 Å². The lowest BCUT2D eigenvalue weighted by Gasteiger charge is -2.09. The van der Waals surface area contributed by atoms with Crippen molar-refractivity contribution in [3.05, 3.63) is 101 Å². The number of benzene rings is 3. The van der Waals surface area contributed by atoms with Crippen LogP contribution in [0.25, 0.3) is 22.2 Å². The van der Waals surface area contributed by atoms with Crippen LogP contribution in [0, 0.1) is 17.5 Å². The Hall–Kier alpha value is -4.00. The summed E-state index contributed by atoms with van der Waals surface area (Å²) in [6.45, 7) is 0. The first-order valence-corrected chi connectivity index (χ1v) is 8.96. The Morgan fingerprint density at radius 2 is 1.60 bits per heavy atom. The Morgan fingerprint density at radius 3 is 2.33 bits per heavy atom. The number of carbonyl (C=O) groups is 1. The predicted octanol–water partition coefficient (Wildman–Crippen LogP) is 5.08. The standard InChI is InChI=1S/C23H14F3N3O/c24-15-10-8-14(9-11-15)22-12-17(16-4-1-2-7-21(16)28-22)23(30)29-27-13-18-19(25)5-3-6-20(18)26/h1-13H,(H,29,30)/b27-13-. The fourth-order valence-electron chi connectivity index (χ4n) is 2.98. The zero-order valence-electron chi connectivity index (χ0n) is 15.4. The molecule has 0 spiro atoms. The van der Waals surface area contributed by atoms with Crippen molar-refractivity contribution < 1.29 is 18.0 Å². The molecule has 0 aliphatic rings. The van der Waals surface area contributed by atoms with Gasteiger partial charge in [0.05, 0.1) is 28.6 Å². The van der Waals surface area contributed by atoms with E-state index in [1.165, 1.54) is 18.2 Å². The van der Waals surface area contributed by atoms with E-state index in [1.807, 2.05) is 0 Å². The molecule has 1 aromatic heterocycles. The van der Waals surface area contributed by atoms with Gasteiger partial charge in [0.15, 0.2) is 0 Å². The van der Waals surface area contributed by atoms with Crippen LogP contribution in [0.4, 0.5) is 13.2 Å². The van der Waals surface area contributed by atoms with E-state index in [2.05, 4.69) is 15.5 Å². The van der Waals surface area contributed by atoms with Gasteiger partial charge >= 0.3 is 0 Å². The van der Waals surface area contributed by atoms with Crippen molar-refractivity contribution in [3.63, 3.8) is 0 Å². The summed E-state index contributed by atoms with van der Waals surface area (Å²) in [5, 5.41) is 4.26. The van der Waals surface area contributed by atoms with Crippen molar-refractivity contribution in [2.24, 2.45) is 5.10 Å². The van der Waals surface area contributed by atoms with Gasteiger partial charge in [-0.1, -0.05) is 24.3 Å². The van der Waals surface area contributed by atoms with E-state index < -0.39 is 17.5 Å². The second-order valence-corrected chi connectivity index (χ2v) is 6.41. The Labute approximate surface area is 169 Å². The molecule has 30 heavy (non-hydrogen) atoms. The van der Waals surface area contributed by atoms with Crippen molar-refractivity contribution in [1.82, 2.24) is 10.4 Å². The minimum atomic E-state index is -0.791. The van der Waals surface area contributed by atoms with Gasteiger partial charge < -0.3 is 0 Å². The molecule has 0 atom stereocenters. The van der Waals surface area contributed by atoms with E-state index in [0.717, 1.165) is 18.3 Å². The number of nitrogens with zero attached hydrogens (tertiary/aromatic N) is 2. The predicted molar refractivity (Wildman–Crippen MR) is 109 cm³/mol. The molecule has 4 aromatic rings. The van der Waals surface area contributed by atoms with Crippen LogP contribution in [0.2, 0.25) is 0 Å². The highest BCUT2D eigenvalue weighted by atomic mass is 19.1. The first-order valence-electron chi connectivity index (χ1n) is 8.96. The van der Waals surface area contributed by atoms with Gasteiger partial charge in [0, 0.05) is 10.9 Å². The number of hydrazone groups is 1. The summed E-state index contributed by atoms with van der Waals surface area (Å²) in [6, 6.07) is 17.7. The lowest BCUT2D eigenvalue weighted by molar-refractivity contribution is 0.0956. The third-order valence-corrected chi connectivity index (χ3v) is 4.46. The zero-order valence-corrected chi connectivity index (χ0v) is 15.4. The molecule has 0 saturated carbocycles. The summed E-state index contributed by atoms with van der Waals surface area (Å²) in [5.74, 6) is -2.54. The van der Waals surface area contributed by atoms with Crippen molar-refractivity contribution in [2.75, 3.05) is 0 Å². The summed E-state index contributed by atoms with van der Waals surface area (Å²) < 4.78 is 40.6. The summed E-state index contributed by atoms with van der Waals surface area (Å²) in [4.78, 5) is 17.3. The van der Waals surface area contributed by atoms with Crippen LogP contribution in [0.1, 0.15) is 15.9 Å². The highest BCUT2D eigenvalue weighted by molar-refractivity contribution is 6.07. The van der Waals surface area contributed by atoms with Crippen LogP contribution in [0.5, 0.6) is 0 Å². The average Bonchev–Trinajstić information content (AvgIpc) is 2.75. The van der Waals surface area contributed by atoms with Gasteiger partial charge in [0.1, 0.15) is 17.5 Å². The molecule has 1 heterocycles. The Morgan fingerprint density at radius 1 is 0.900 bits per heavy atom. The van der Waals surface area contributed by atoms with Crippen molar-refractivity contribution >= 4 is 23.0 Å². The number of rotatable bonds is 4. The zero-order chi connectivity index (χ0) is 21.1.